The number of anilines is 1. The highest BCUT2D eigenvalue weighted by molar-refractivity contribution is 5.56. The minimum Gasteiger partial charge on any atom is -0.366 e. The molecule has 2 aromatic heterocycles. The lowest BCUT2D eigenvalue weighted by Gasteiger charge is -2.11. The maximum Gasteiger partial charge on any atom is 0.167 e. The predicted molar refractivity (Wildman–Crippen MR) is 74.0 cm³/mol. The average molecular weight is 271 g/mol. The molecule has 2 heterocycles. The Bertz CT molecular complexity index is 598. The van der Waals surface area contributed by atoms with E-state index >= 15 is 0 Å². The summed E-state index contributed by atoms with van der Waals surface area (Å²) in [4.78, 5) is 0. The standard InChI is InChI=1S/C13H17N7/c1-3-10-11(9-14)13(18-17-12(10)4-2)15-5-7-20-8-6-16-19-20/h6,8H,3-5,7H2,1-2H3,(H,15,18). The van der Waals surface area contributed by atoms with Crippen LogP contribution in [0.3, 0.4) is 0 Å². The minimum absolute atomic E-state index is 0.543. The van der Waals surface area contributed by atoms with Crippen molar-refractivity contribution in [2.45, 2.75) is 33.2 Å². The quantitative estimate of drug-likeness (QED) is 0.848. The number of hydrogen-bond acceptors (Lipinski definition) is 6. The van der Waals surface area contributed by atoms with Gasteiger partial charge in [-0.1, -0.05) is 19.1 Å². The molecule has 0 amide bonds. The van der Waals surface area contributed by atoms with E-state index in [1.54, 1.807) is 17.1 Å². The molecule has 0 aliphatic carbocycles. The zero-order valence-corrected chi connectivity index (χ0v) is 11.7. The van der Waals surface area contributed by atoms with Gasteiger partial charge < -0.3 is 5.32 Å². The van der Waals surface area contributed by atoms with Crippen molar-refractivity contribution < 1.29 is 0 Å². The second kappa shape index (κ2) is 6.61. The van der Waals surface area contributed by atoms with Crippen LogP contribution in [-0.4, -0.2) is 31.7 Å². The van der Waals surface area contributed by atoms with Gasteiger partial charge in [-0.25, -0.2) is 0 Å². The van der Waals surface area contributed by atoms with E-state index in [0.29, 0.717) is 24.5 Å². The molecule has 0 saturated heterocycles. The van der Waals surface area contributed by atoms with Gasteiger partial charge >= 0.3 is 0 Å². The number of aromatic nitrogens is 5. The largest absolute Gasteiger partial charge is 0.366 e. The Balaban J connectivity index is 2.13. The molecule has 2 rings (SSSR count). The maximum atomic E-state index is 9.35. The van der Waals surface area contributed by atoms with E-state index in [1.165, 1.54) is 0 Å². The van der Waals surface area contributed by atoms with Crippen molar-refractivity contribution in [1.82, 2.24) is 25.2 Å². The van der Waals surface area contributed by atoms with Gasteiger partial charge in [0.15, 0.2) is 5.82 Å². The Morgan fingerprint density at radius 2 is 2.15 bits per heavy atom. The zero-order valence-electron chi connectivity index (χ0n) is 11.7. The molecule has 0 radical (unpaired) electrons. The van der Waals surface area contributed by atoms with Crippen LogP contribution >= 0.6 is 0 Å². The lowest BCUT2D eigenvalue weighted by Crippen LogP contribution is -2.15. The summed E-state index contributed by atoms with van der Waals surface area (Å²) >= 11 is 0. The summed E-state index contributed by atoms with van der Waals surface area (Å²) in [7, 11) is 0. The molecule has 0 unspecified atom stereocenters. The summed E-state index contributed by atoms with van der Waals surface area (Å²) in [6, 6.07) is 2.23. The highest BCUT2D eigenvalue weighted by atomic mass is 15.4. The fourth-order valence-electron chi connectivity index (χ4n) is 2.06. The van der Waals surface area contributed by atoms with Crippen LogP contribution in [0.5, 0.6) is 0 Å². The molecule has 0 aliphatic rings. The molecule has 20 heavy (non-hydrogen) atoms. The van der Waals surface area contributed by atoms with Gasteiger partial charge in [0.2, 0.25) is 0 Å². The molecule has 0 spiro atoms. The summed E-state index contributed by atoms with van der Waals surface area (Å²) in [5.74, 6) is 0.543. The van der Waals surface area contributed by atoms with E-state index in [9.17, 15) is 5.26 Å². The lowest BCUT2D eigenvalue weighted by atomic mass is 10.0. The van der Waals surface area contributed by atoms with Crippen LogP contribution in [-0.2, 0) is 19.4 Å². The molecule has 1 N–H and O–H groups in total. The SMILES string of the molecule is CCc1nnc(NCCn2ccnn2)c(C#N)c1CC. The number of rotatable bonds is 6. The molecular weight excluding hydrogens is 254 g/mol. The summed E-state index contributed by atoms with van der Waals surface area (Å²) in [6.45, 7) is 5.31. The van der Waals surface area contributed by atoms with Crippen molar-refractivity contribution in [2.24, 2.45) is 0 Å². The van der Waals surface area contributed by atoms with Gasteiger partial charge in [-0.2, -0.15) is 10.4 Å². The molecule has 2 aromatic rings. The van der Waals surface area contributed by atoms with Crippen molar-refractivity contribution in [3.8, 4) is 6.07 Å². The Labute approximate surface area is 117 Å². The summed E-state index contributed by atoms with van der Waals surface area (Å²) in [5, 5.41) is 28.4. The van der Waals surface area contributed by atoms with Crippen LogP contribution in [0.1, 0.15) is 30.7 Å². The highest BCUT2D eigenvalue weighted by Crippen LogP contribution is 2.19. The van der Waals surface area contributed by atoms with Gasteiger partial charge in [0.1, 0.15) is 11.6 Å². The van der Waals surface area contributed by atoms with Crippen molar-refractivity contribution in [3.05, 3.63) is 29.2 Å². The average Bonchev–Trinajstić information content (AvgIpc) is 2.99. The van der Waals surface area contributed by atoms with Crippen LogP contribution in [0.25, 0.3) is 0 Å². The molecule has 7 nitrogen and oxygen atoms in total. The molecule has 104 valence electrons. The van der Waals surface area contributed by atoms with E-state index in [-0.39, 0.29) is 0 Å². The summed E-state index contributed by atoms with van der Waals surface area (Å²) in [5.41, 5.74) is 2.47. The maximum absolute atomic E-state index is 9.35. The van der Waals surface area contributed by atoms with E-state index in [2.05, 4.69) is 31.9 Å². The lowest BCUT2D eigenvalue weighted by molar-refractivity contribution is 0.607. The van der Waals surface area contributed by atoms with Crippen molar-refractivity contribution in [2.75, 3.05) is 11.9 Å². The molecular formula is C13H17N7. The molecule has 0 aliphatic heterocycles. The molecule has 0 fully saturated rings. The third-order valence-electron chi connectivity index (χ3n) is 3.06. The van der Waals surface area contributed by atoms with Crippen LogP contribution in [0, 0.1) is 11.3 Å². The van der Waals surface area contributed by atoms with E-state index in [1.807, 2.05) is 13.8 Å². The van der Waals surface area contributed by atoms with Crippen molar-refractivity contribution in [1.29, 1.82) is 5.26 Å². The second-order valence-electron chi connectivity index (χ2n) is 4.26. The first-order chi connectivity index (χ1) is 9.80. The molecule has 0 bridgehead atoms. The van der Waals surface area contributed by atoms with Gasteiger partial charge in [0, 0.05) is 12.7 Å². The number of hydrogen-bond donors (Lipinski definition) is 1. The molecule has 7 heteroatoms. The van der Waals surface area contributed by atoms with Crippen LogP contribution in [0.2, 0.25) is 0 Å². The normalized spacial score (nSPS) is 10.2. The number of nitrogens with zero attached hydrogens (tertiary/aromatic N) is 6. The second-order valence-corrected chi connectivity index (χ2v) is 4.26. The number of nitriles is 1. The monoisotopic (exact) mass is 271 g/mol. The number of aryl methyl sites for hydroxylation is 1. The fourth-order valence-corrected chi connectivity index (χ4v) is 2.06. The first-order valence-electron chi connectivity index (χ1n) is 6.66. The predicted octanol–water partition coefficient (Wildman–Crippen LogP) is 1.18. The van der Waals surface area contributed by atoms with Gasteiger partial charge in [-0.15, -0.1) is 10.2 Å². The van der Waals surface area contributed by atoms with Crippen molar-refractivity contribution in [3.63, 3.8) is 0 Å². The molecule has 0 aromatic carbocycles. The van der Waals surface area contributed by atoms with Crippen LogP contribution < -0.4 is 5.32 Å². The smallest absolute Gasteiger partial charge is 0.167 e. The summed E-state index contributed by atoms with van der Waals surface area (Å²) in [6.07, 6.45) is 4.98. The molecule has 0 atom stereocenters. The number of nitrogens with one attached hydrogen (secondary N) is 1. The van der Waals surface area contributed by atoms with E-state index in [4.69, 9.17) is 0 Å². The first kappa shape index (κ1) is 13.9. The van der Waals surface area contributed by atoms with Gasteiger partial charge in [0.05, 0.1) is 18.4 Å². The van der Waals surface area contributed by atoms with Crippen molar-refractivity contribution >= 4 is 5.82 Å². The van der Waals surface area contributed by atoms with Gasteiger partial charge in [-0.3, -0.25) is 4.68 Å². The van der Waals surface area contributed by atoms with Gasteiger partial charge in [-0.05, 0) is 18.4 Å². The summed E-state index contributed by atoms with van der Waals surface area (Å²) < 4.78 is 1.72. The van der Waals surface area contributed by atoms with E-state index < -0.39 is 0 Å². The Morgan fingerprint density at radius 1 is 1.30 bits per heavy atom. The van der Waals surface area contributed by atoms with Crippen LogP contribution in [0.15, 0.2) is 12.4 Å². The third-order valence-corrected chi connectivity index (χ3v) is 3.06. The van der Waals surface area contributed by atoms with E-state index in [0.717, 1.165) is 24.1 Å². The fraction of sp³-hybridized carbons (Fsp3) is 0.462. The molecule has 0 saturated carbocycles. The highest BCUT2D eigenvalue weighted by Gasteiger charge is 2.13. The van der Waals surface area contributed by atoms with Crippen LogP contribution in [0.4, 0.5) is 5.82 Å². The Kier molecular flexibility index (Phi) is 4.60. The first-order valence-corrected chi connectivity index (χ1v) is 6.66. The minimum atomic E-state index is 0.543. The Morgan fingerprint density at radius 3 is 2.75 bits per heavy atom. The zero-order chi connectivity index (χ0) is 14.4. The topological polar surface area (TPSA) is 92.3 Å². The van der Waals surface area contributed by atoms with Gasteiger partial charge in [0.25, 0.3) is 0 Å². The Hall–Kier alpha value is -2.49. The third kappa shape index (κ3) is 2.91.